The number of hydrogen-bond donors (Lipinski definition) is 3. The van der Waals surface area contributed by atoms with Crippen molar-refractivity contribution < 1.29 is 14.7 Å². The molecule has 0 aromatic heterocycles. The lowest BCUT2D eigenvalue weighted by atomic mass is 10.2. The van der Waals surface area contributed by atoms with E-state index in [4.69, 9.17) is 34.0 Å². The molecule has 1 aliphatic rings. The van der Waals surface area contributed by atoms with Gasteiger partial charge in [-0.15, -0.1) is 0 Å². The molecular formula is C11H10Cl2N2O3. The quantitative estimate of drug-likeness (QED) is 0.794. The van der Waals surface area contributed by atoms with Crippen molar-refractivity contribution in [1.29, 1.82) is 0 Å². The summed E-state index contributed by atoms with van der Waals surface area (Å²) in [6, 6.07) is 2.45. The van der Waals surface area contributed by atoms with Gasteiger partial charge in [-0.3, -0.25) is 4.79 Å². The Morgan fingerprint density at radius 2 is 1.78 bits per heavy atom. The molecule has 1 aliphatic carbocycles. The van der Waals surface area contributed by atoms with Crippen LogP contribution in [0.3, 0.4) is 0 Å². The Kier molecular flexibility index (Phi) is 3.23. The van der Waals surface area contributed by atoms with Gasteiger partial charge in [-0.25, -0.2) is 4.79 Å². The van der Waals surface area contributed by atoms with Crippen LogP contribution in [0.4, 0.5) is 5.69 Å². The number of carboxylic acid groups (broad SMARTS) is 1. The Morgan fingerprint density at radius 3 is 2.17 bits per heavy atom. The van der Waals surface area contributed by atoms with Gasteiger partial charge in [-0.1, -0.05) is 23.2 Å². The largest absolute Gasteiger partial charge is 0.478 e. The standard InChI is InChI=1S/C11H10Cl2N2O3/c12-6-3-5(9(16)17)4-7(13)8(6)15-10(18)11(14)1-2-11/h3-4H,1-2,14H2,(H,15,18)(H,16,17). The lowest BCUT2D eigenvalue weighted by molar-refractivity contribution is -0.118. The van der Waals surface area contributed by atoms with Crippen LogP contribution in [-0.2, 0) is 4.79 Å². The number of hydrogen-bond acceptors (Lipinski definition) is 3. The molecule has 96 valence electrons. The third kappa shape index (κ3) is 2.43. The highest BCUT2D eigenvalue weighted by atomic mass is 35.5. The molecule has 4 N–H and O–H groups in total. The van der Waals surface area contributed by atoms with Crippen molar-refractivity contribution in [3.8, 4) is 0 Å². The minimum absolute atomic E-state index is 0.0446. The summed E-state index contributed by atoms with van der Waals surface area (Å²) in [4.78, 5) is 22.5. The molecule has 0 aliphatic heterocycles. The van der Waals surface area contributed by atoms with Gasteiger partial charge < -0.3 is 16.2 Å². The molecule has 7 heteroatoms. The number of carbonyl (C=O) groups excluding carboxylic acids is 1. The summed E-state index contributed by atoms with van der Waals surface area (Å²) < 4.78 is 0. The van der Waals surface area contributed by atoms with Crippen LogP contribution in [0.5, 0.6) is 0 Å². The molecule has 1 aromatic rings. The molecule has 0 heterocycles. The van der Waals surface area contributed by atoms with E-state index in [0.29, 0.717) is 12.8 Å². The number of halogens is 2. The van der Waals surface area contributed by atoms with E-state index in [1.165, 1.54) is 12.1 Å². The van der Waals surface area contributed by atoms with Crippen molar-refractivity contribution >= 4 is 40.8 Å². The average molecular weight is 289 g/mol. The maximum Gasteiger partial charge on any atom is 0.335 e. The summed E-state index contributed by atoms with van der Waals surface area (Å²) in [5, 5.41) is 11.5. The van der Waals surface area contributed by atoms with Crippen LogP contribution in [0, 0.1) is 0 Å². The van der Waals surface area contributed by atoms with Gasteiger partial charge in [0.1, 0.15) is 0 Å². The second-order valence-electron chi connectivity index (χ2n) is 4.23. The zero-order valence-corrected chi connectivity index (χ0v) is 10.7. The van der Waals surface area contributed by atoms with Crippen LogP contribution >= 0.6 is 23.2 Å². The van der Waals surface area contributed by atoms with Crippen molar-refractivity contribution in [2.24, 2.45) is 5.73 Å². The van der Waals surface area contributed by atoms with E-state index < -0.39 is 11.5 Å². The van der Waals surface area contributed by atoms with E-state index in [-0.39, 0.29) is 27.2 Å². The Balaban J connectivity index is 2.28. The molecule has 0 unspecified atom stereocenters. The fourth-order valence-corrected chi connectivity index (χ4v) is 2.00. The van der Waals surface area contributed by atoms with Gasteiger partial charge in [0.05, 0.1) is 26.8 Å². The van der Waals surface area contributed by atoms with Gasteiger partial charge in [0.15, 0.2) is 0 Å². The molecule has 18 heavy (non-hydrogen) atoms. The molecule has 0 bridgehead atoms. The molecule has 0 radical (unpaired) electrons. The molecule has 1 aromatic carbocycles. The predicted molar refractivity (Wildman–Crippen MR) is 68.2 cm³/mol. The summed E-state index contributed by atoms with van der Waals surface area (Å²) in [6.07, 6.45) is 1.22. The summed E-state index contributed by atoms with van der Waals surface area (Å²) in [5.41, 5.74) is 5.02. The smallest absolute Gasteiger partial charge is 0.335 e. The number of carbonyl (C=O) groups is 2. The third-order valence-electron chi connectivity index (χ3n) is 2.77. The van der Waals surface area contributed by atoms with Crippen molar-refractivity contribution in [1.82, 2.24) is 0 Å². The number of anilines is 1. The van der Waals surface area contributed by atoms with Gasteiger partial charge in [0, 0.05) is 0 Å². The first-order valence-corrected chi connectivity index (χ1v) is 5.92. The normalized spacial score (nSPS) is 16.2. The average Bonchev–Trinajstić information content (AvgIpc) is 3.02. The van der Waals surface area contributed by atoms with Crippen molar-refractivity contribution in [3.63, 3.8) is 0 Å². The van der Waals surface area contributed by atoms with Crippen LogP contribution in [0.1, 0.15) is 23.2 Å². The van der Waals surface area contributed by atoms with Gasteiger partial charge >= 0.3 is 5.97 Å². The molecule has 5 nitrogen and oxygen atoms in total. The molecule has 1 saturated carbocycles. The first kappa shape index (κ1) is 13.1. The highest BCUT2D eigenvalue weighted by Gasteiger charge is 2.46. The third-order valence-corrected chi connectivity index (χ3v) is 3.36. The second-order valence-corrected chi connectivity index (χ2v) is 5.04. The summed E-state index contributed by atoms with van der Waals surface area (Å²) in [5.74, 6) is -1.51. The highest BCUT2D eigenvalue weighted by Crippen LogP contribution is 2.37. The fourth-order valence-electron chi connectivity index (χ4n) is 1.42. The molecule has 0 spiro atoms. The van der Waals surface area contributed by atoms with E-state index in [1.807, 2.05) is 0 Å². The second kappa shape index (κ2) is 4.42. The Morgan fingerprint density at radius 1 is 1.28 bits per heavy atom. The lowest BCUT2D eigenvalue weighted by Gasteiger charge is -2.13. The van der Waals surface area contributed by atoms with Crippen LogP contribution in [0.25, 0.3) is 0 Å². The Labute approximate surface area is 113 Å². The van der Waals surface area contributed by atoms with Crippen molar-refractivity contribution in [2.75, 3.05) is 5.32 Å². The Hall–Kier alpha value is -1.30. The molecule has 2 rings (SSSR count). The van der Waals surface area contributed by atoms with E-state index in [0.717, 1.165) is 0 Å². The maximum absolute atomic E-state index is 11.8. The van der Waals surface area contributed by atoms with Gasteiger partial charge in [-0.05, 0) is 25.0 Å². The molecule has 0 saturated heterocycles. The summed E-state index contributed by atoms with van der Waals surface area (Å²) >= 11 is 11.8. The number of aromatic carboxylic acids is 1. The number of nitrogens with one attached hydrogen (secondary N) is 1. The highest BCUT2D eigenvalue weighted by molar-refractivity contribution is 6.40. The van der Waals surface area contributed by atoms with Crippen LogP contribution in [0.15, 0.2) is 12.1 Å². The predicted octanol–water partition coefficient (Wildman–Crippen LogP) is 2.12. The van der Waals surface area contributed by atoms with Gasteiger partial charge in [-0.2, -0.15) is 0 Å². The zero-order valence-electron chi connectivity index (χ0n) is 9.17. The Bertz CT molecular complexity index is 518. The van der Waals surface area contributed by atoms with Crippen molar-refractivity contribution in [2.45, 2.75) is 18.4 Å². The first-order chi connectivity index (χ1) is 8.33. The van der Waals surface area contributed by atoms with E-state index >= 15 is 0 Å². The minimum atomic E-state index is -1.14. The molecular weight excluding hydrogens is 279 g/mol. The summed E-state index contributed by atoms with van der Waals surface area (Å²) in [7, 11) is 0. The number of carboxylic acids is 1. The minimum Gasteiger partial charge on any atom is -0.478 e. The number of benzene rings is 1. The zero-order chi connectivity index (χ0) is 13.5. The maximum atomic E-state index is 11.8. The van der Waals surface area contributed by atoms with Crippen LogP contribution in [0.2, 0.25) is 10.0 Å². The van der Waals surface area contributed by atoms with Crippen LogP contribution in [-0.4, -0.2) is 22.5 Å². The molecule has 0 atom stereocenters. The fraction of sp³-hybridized carbons (Fsp3) is 0.273. The summed E-state index contributed by atoms with van der Waals surface area (Å²) in [6.45, 7) is 0. The topological polar surface area (TPSA) is 92.4 Å². The van der Waals surface area contributed by atoms with E-state index in [9.17, 15) is 9.59 Å². The SMILES string of the molecule is NC1(C(=O)Nc2c(Cl)cc(C(=O)O)cc2Cl)CC1. The van der Waals surface area contributed by atoms with Gasteiger partial charge in [0.25, 0.3) is 0 Å². The lowest BCUT2D eigenvalue weighted by Crippen LogP contribution is -2.38. The first-order valence-electron chi connectivity index (χ1n) is 5.16. The molecule has 1 amide bonds. The number of nitrogens with two attached hydrogens (primary N) is 1. The monoisotopic (exact) mass is 288 g/mol. The number of rotatable bonds is 3. The molecule has 1 fully saturated rings. The van der Waals surface area contributed by atoms with E-state index in [1.54, 1.807) is 0 Å². The van der Waals surface area contributed by atoms with E-state index in [2.05, 4.69) is 5.32 Å². The van der Waals surface area contributed by atoms with Crippen molar-refractivity contribution in [3.05, 3.63) is 27.7 Å². The van der Waals surface area contributed by atoms with Crippen LogP contribution < -0.4 is 11.1 Å². The number of amides is 1. The van der Waals surface area contributed by atoms with Gasteiger partial charge in [0.2, 0.25) is 5.91 Å².